The zero-order chi connectivity index (χ0) is 13.1. The Labute approximate surface area is 132 Å². The summed E-state index contributed by atoms with van der Waals surface area (Å²) in [4.78, 5) is 4.19. The van der Waals surface area contributed by atoms with Crippen LogP contribution in [0.3, 0.4) is 0 Å². The van der Waals surface area contributed by atoms with Crippen LogP contribution in [0.15, 0.2) is 45.9 Å². The van der Waals surface area contributed by atoms with Crippen molar-refractivity contribution >= 4 is 33.5 Å². The number of aromatic hydroxyl groups is 1. The fourth-order valence-corrected chi connectivity index (χ4v) is 1.64. The predicted molar refractivity (Wildman–Crippen MR) is 73.9 cm³/mol. The van der Waals surface area contributed by atoms with Crippen LogP contribution in [-0.2, 0) is 21.1 Å². The SMILES string of the molecule is Nc1cc(F)c(O)cc1C=Nc1ccc(Br)cc1.[Pt]. The molecule has 0 aliphatic rings. The molecule has 2 aromatic carbocycles. The summed E-state index contributed by atoms with van der Waals surface area (Å²) >= 11 is 3.32. The molecule has 3 nitrogen and oxygen atoms in total. The molecule has 0 saturated carbocycles. The van der Waals surface area contributed by atoms with Gasteiger partial charge < -0.3 is 10.8 Å². The van der Waals surface area contributed by atoms with E-state index >= 15 is 0 Å². The van der Waals surface area contributed by atoms with Gasteiger partial charge in [0.1, 0.15) is 0 Å². The molecule has 0 saturated heterocycles. The third-order valence-corrected chi connectivity index (χ3v) is 2.86. The van der Waals surface area contributed by atoms with Gasteiger partial charge in [-0.15, -0.1) is 0 Å². The minimum Gasteiger partial charge on any atom is -0.505 e. The minimum atomic E-state index is -0.742. The molecular formula is C13H10BrFN2OPt. The number of halogens is 2. The van der Waals surface area contributed by atoms with Crippen LogP contribution >= 0.6 is 15.9 Å². The molecule has 0 unspecified atom stereocenters. The van der Waals surface area contributed by atoms with Gasteiger partial charge in [0.05, 0.1) is 5.69 Å². The van der Waals surface area contributed by atoms with Crippen LogP contribution in [0, 0.1) is 5.82 Å². The molecule has 3 N–H and O–H groups in total. The second-order valence-corrected chi connectivity index (χ2v) is 4.58. The summed E-state index contributed by atoms with van der Waals surface area (Å²) in [6.07, 6.45) is 1.48. The van der Waals surface area contributed by atoms with E-state index in [2.05, 4.69) is 20.9 Å². The molecule has 0 fully saturated rings. The normalized spacial score (nSPS) is 10.4. The maximum atomic E-state index is 13.0. The molecule has 0 atom stereocenters. The van der Waals surface area contributed by atoms with E-state index in [1.807, 2.05) is 24.3 Å². The van der Waals surface area contributed by atoms with Gasteiger partial charge in [0.25, 0.3) is 0 Å². The molecule has 0 amide bonds. The van der Waals surface area contributed by atoms with Crippen molar-refractivity contribution in [2.45, 2.75) is 0 Å². The van der Waals surface area contributed by atoms with Gasteiger partial charge in [-0.3, -0.25) is 4.99 Å². The van der Waals surface area contributed by atoms with Crippen molar-refractivity contribution in [3.63, 3.8) is 0 Å². The molecule has 0 spiro atoms. The number of nitrogen functional groups attached to an aromatic ring is 1. The number of hydrogen-bond donors (Lipinski definition) is 2. The predicted octanol–water partition coefficient (Wildman–Crippen LogP) is 3.62. The molecule has 0 heterocycles. The monoisotopic (exact) mass is 503 g/mol. The molecule has 0 bridgehead atoms. The van der Waals surface area contributed by atoms with E-state index in [-0.39, 0.29) is 26.8 Å². The van der Waals surface area contributed by atoms with Crippen molar-refractivity contribution < 1.29 is 30.6 Å². The zero-order valence-corrected chi connectivity index (χ0v) is 13.4. The van der Waals surface area contributed by atoms with Crippen LogP contribution < -0.4 is 5.73 Å². The van der Waals surface area contributed by atoms with Crippen LogP contribution in [0.25, 0.3) is 0 Å². The third kappa shape index (κ3) is 4.15. The molecule has 0 aromatic heterocycles. The number of benzene rings is 2. The van der Waals surface area contributed by atoms with Gasteiger partial charge in [-0.2, -0.15) is 0 Å². The van der Waals surface area contributed by atoms with Gasteiger partial charge in [0, 0.05) is 49.1 Å². The maximum Gasteiger partial charge on any atom is 0.166 e. The van der Waals surface area contributed by atoms with Crippen molar-refractivity contribution in [3.05, 3.63) is 52.3 Å². The molecule has 2 rings (SSSR count). The van der Waals surface area contributed by atoms with Crippen LogP contribution in [0.5, 0.6) is 5.75 Å². The third-order valence-electron chi connectivity index (χ3n) is 2.33. The van der Waals surface area contributed by atoms with Crippen molar-refractivity contribution in [1.82, 2.24) is 0 Å². The van der Waals surface area contributed by atoms with Crippen molar-refractivity contribution in [1.29, 1.82) is 0 Å². The Morgan fingerprint density at radius 2 is 1.84 bits per heavy atom. The molecule has 19 heavy (non-hydrogen) atoms. The number of nitrogens with zero attached hydrogens (tertiary/aromatic N) is 1. The smallest absolute Gasteiger partial charge is 0.166 e. The van der Waals surface area contributed by atoms with Gasteiger partial charge in [0.15, 0.2) is 11.6 Å². The Kier molecular flexibility index (Phi) is 5.70. The fourth-order valence-electron chi connectivity index (χ4n) is 1.38. The van der Waals surface area contributed by atoms with E-state index in [9.17, 15) is 9.50 Å². The van der Waals surface area contributed by atoms with Gasteiger partial charge >= 0.3 is 0 Å². The van der Waals surface area contributed by atoms with Crippen molar-refractivity contribution in [2.75, 3.05) is 5.73 Å². The first-order chi connectivity index (χ1) is 8.56. The first-order valence-electron chi connectivity index (χ1n) is 5.14. The molecule has 6 heteroatoms. The van der Waals surface area contributed by atoms with Gasteiger partial charge in [-0.25, -0.2) is 4.39 Å². The molecule has 2 aromatic rings. The van der Waals surface area contributed by atoms with E-state index in [1.54, 1.807) is 0 Å². The summed E-state index contributed by atoms with van der Waals surface area (Å²) in [5.41, 5.74) is 7.06. The fraction of sp³-hybridized carbons (Fsp3) is 0. The Balaban J connectivity index is 0.00000180. The van der Waals surface area contributed by atoms with Gasteiger partial charge in [-0.05, 0) is 30.3 Å². The summed E-state index contributed by atoms with van der Waals surface area (Å²) in [6.45, 7) is 0. The first-order valence-corrected chi connectivity index (χ1v) is 5.93. The summed E-state index contributed by atoms with van der Waals surface area (Å²) in [7, 11) is 0. The number of rotatable bonds is 2. The molecule has 0 aliphatic heterocycles. The number of anilines is 1. The second-order valence-electron chi connectivity index (χ2n) is 3.67. The summed E-state index contributed by atoms with van der Waals surface area (Å²) in [5, 5.41) is 9.26. The van der Waals surface area contributed by atoms with Crippen LogP contribution in [-0.4, -0.2) is 11.3 Å². The molecule has 0 radical (unpaired) electrons. The Morgan fingerprint density at radius 3 is 2.47 bits per heavy atom. The summed E-state index contributed by atoms with van der Waals surface area (Å²) in [6, 6.07) is 9.67. The van der Waals surface area contributed by atoms with Crippen LogP contribution in [0.4, 0.5) is 15.8 Å². The number of nitrogens with two attached hydrogens (primary N) is 1. The zero-order valence-electron chi connectivity index (χ0n) is 9.59. The van der Waals surface area contributed by atoms with Crippen molar-refractivity contribution in [2.24, 2.45) is 4.99 Å². The van der Waals surface area contributed by atoms with Crippen molar-refractivity contribution in [3.8, 4) is 5.75 Å². The molecule has 102 valence electrons. The second kappa shape index (κ2) is 6.82. The van der Waals surface area contributed by atoms with E-state index in [0.717, 1.165) is 16.2 Å². The Bertz CT molecular complexity index is 602. The minimum absolute atomic E-state index is 0. The van der Waals surface area contributed by atoms with Crippen LogP contribution in [0.2, 0.25) is 0 Å². The quantitative estimate of drug-likeness (QED) is 0.373. The Hall–Kier alpha value is -1.19. The average Bonchev–Trinajstić information content (AvgIpc) is 2.34. The molecule has 0 aliphatic carbocycles. The maximum absolute atomic E-state index is 13.0. The standard InChI is InChI=1S/C13H10BrFN2O.Pt/c14-9-1-3-10(4-2-9)17-7-8-5-13(18)11(15)6-12(8)16;/h1-7,18H,16H2;. The first kappa shape index (κ1) is 15.9. The number of phenolic OH excluding ortho intramolecular Hbond substituents is 1. The van der Waals surface area contributed by atoms with E-state index < -0.39 is 11.6 Å². The van der Waals surface area contributed by atoms with E-state index in [1.165, 1.54) is 12.3 Å². The van der Waals surface area contributed by atoms with Crippen LogP contribution in [0.1, 0.15) is 5.56 Å². The van der Waals surface area contributed by atoms with E-state index in [4.69, 9.17) is 5.73 Å². The molecular weight excluding hydrogens is 494 g/mol. The Morgan fingerprint density at radius 1 is 1.21 bits per heavy atom. The van der Waals surface area contributed by atoms with Gasteiger partial charge in [0.2, 0.25) is 0 Å². The number of aliphatic imine (C=N–C) groups is 1. The topological polar surface area (TPSA) is 58.6 Å². The summed E-state index contributed by atoms with van der Waals surface area (Å²) in [5.74, 6) is -1.19. The van der Waals surface area contributed by atoms with Gasteiger partial charge in [-0.1, -0.05) is 15.9 Å². The number of phenols is 1. The van der Waals surface area contributed by atoms with E-state index in [0.29, 0.717) is 5.56 Å². The summed E-state index contributed by atoms with van der Waals surface area (Å²) < 4.78 is 13.9. The average molecular weight is 504 g/mol. The number of hydrogen-bond acceptors (Lipinski definition) is 3. The largest absolute Gasteiger partial charge is 0.505 e.